The van der Waals surface area contributed by atoms with Crippen LogP contribution in [0.5, 0.6) is 0 Å². The highest BCUT2D eigenvalue weighted by atomic mass is 32.1. The standard InChI is InChI=1S/C14H29N3S/c1-3-5-6-7-8-16-9-11-17(12-10-16)13(4-2)14(15)18/h13H,3-12H2,1-2H3,(H2,15,18). The van der Waals surface area contributed by atoms with E-state index >= 15 is 0 Å². The van der Waals surface area contributed by atoms with Crippen molar-refractivity contribution < 1.29 is 0 Å². The molecular formula is C14H29N3S. The molecule has 1 aliphatic rings. The van der Waals surface area contributed by atoms with Gasteiger partial charge in [0.15, 0.2) is 0 Å². The predicted octanol–water partition coefficient (Wildman–Crippen LogP) is 2.25. The number of rotatable bonds is 8. The molecule has 106 valence electrons. The number of hydrogen-bond acceptors (Lipinski definition) is 3. The van der Waals surface area contributed by atoms with Crippen LogP contribution in [-0.4, -0.2) is 53.6 Å². The fraction of sp³-hybridized carbons (Fsp3) is 0.929. The molecule has 0 spiro atoms. The summed E-state index contributed by atoms with van der Waals surface area (Å²) in [6.07, 6.45) is 6.45. The average Bonchev–Trinajstić information content (AvgIpc) is 2.37. The Morgan fingerprint density at radius 3 is 2.28 bits per heavy atom. The number of thiocarbonyl (C=S) groups is 1. The van der Waals surface area contributed by atoms with Crippen LogP contribution in [-0.2, 0) is 0 Å². The smallest absolute Gasteiger partial charge is 0.0901 e. The Balaban J connectivity index is 2.21. The quantitative estimate of drug-likeness (QED) is 0.542. The van der Waals surface area contributed by atoms with Gasteiger partial charge in [-0.05, 0) is 19.4 Å². The molecule has 4 heteroatoms. The zero-order valence-corrected chi connectivity index (χ0v) is 12.8. The van der Waals surface area contributed by atoms with Crippen molar-refractivity contribution in [3.63, 3.8) is 0 Å². The number of hydrogen-bond donors (Lipinski definition) is 1. The molecule has 1 fully saturated rings. The van der Waals surface area contributed by atoms with Gasteiger partial charge in [0.1, 0.15) is 0 Å². The molecule has 0 aromatic carbocycles. The van der Waals surface area contributed by atoms with Crippen LogP contribution < -0.4 is 5.73 Å². The summed E-state index contributed by atoms with van der Waals surface area (Å²) in [5.74, 6) is 0. The van der Waals surface area contributed by atoms with Crippen LogP contribution in [0.15, 0.2) is 0 Å². The van der Waals surface area contributed by atoms with E-state index in [9.17, 15) is 0 Å². The van der Waals surface area contributed by atoms with Crippen molar-refractivity contribution in [2.45, 2.75) is 52.0 Å². The molecule has 0 aliphatic carbocycles. The molecule has 0 aromatic heterocycles. The molecule has 1 rings (SSSR count). The number of nitrogens with zero attached hydrogens (tertiary/aromatic N) is 2. The fourth-order valence-corrected chi connectivity index (χ4v) is 3.02. The molecule has 0 aromatic rings. The van der Waals surface area contributed by atoms with Gasteiger partial charge in [-0.3, -0.25) is 4.90 Å². The first-order valence-electron chi connectivity index (χ1n) is 7.44. The van der Waals surface area contributed by atoms with Gasteiger partial charge in [-0.2, -0.15) is 0 Å². The van der Waals surface area contributed by atoms with Crippen LogP contribution in [0.4, 0.5) is 0 Å². The maximum atomic E-state index is 5.80. The van der Waals surface area contributed by atoms with Gasteiger partial charge in [-0.25, -0.2) is 0 Å². The molecule has 3 nitrogen and oxygen atoms in total. The Morgan fingerprint density at radius 2 is 1.78 bits per heavy atom. The van der Waals surface area contributed by atoms with Crippen LogP contribution >= 0.6 is 12.2 Å². The van der Waals surface area contributed by atoms with Crippen molar-refractivity contribution in [1.82, 2.24) is 9.80 Å². The van der Waals surface area contributed by atoms with Crippen molar-refractivity contribution in [3.05, 3.63) is 0 Å². The van der Waals surface area contributed by atoms with E-state index in [2.05, 4.69) is 23.6 Å². The van der Waals surface area contributed by atoms with Gasteiger partial charge in [0.2, 0.25) is 0 Å². The van der Waals surface area contributed by atoms with Crippen LogP contribution in [0.3, 0.4) is 0 Å². The zero-order chi connectivity index (χ0) is 13.4. The average molecular weight is 271 g/mol. The molecule has 18 heavy (non-hydrogen) atoms. The van der Waals surface area contributed by atoms with Gasteiger partial charge in [0.25, 0.3) is 0 Å². The lowest BCUT2D eigenvalue weighted by molar-refractivity contribution is 0.115. The lowest BCUT2D eigenvalue weighted by Crippen LogP contribution is -2.53. The molecule has 1 saturated heterocycles. The molecule has 2 N–H and O–H groups in total. The van der Waals surface area contributed by atoms with Crippen LogP contribution in [0.25, 0.3) is 0 Å². The van der Waals surface area contributed by atoms with Crippen LogP contribution in [0.1, 0.15) is 46.0 Å². The number of nitrogens with two attached hydrogens (primary N) is 1. The molecule has 0 radical (unpaired) electrons. The maximum Gasteiger partial charge on any atom is 0.0901 e. The Bertz CT molecular complexity index is 237. The minimum atomic E-state index is 0.308. The Kier molecular flexibility index (Phi) is 7.79. The highest BCUT2D eigenvalue weighted by Crippen LogP contribution is 2.11. The summed E-state index contributed by atoms with van der Waals surface area (Å²) in [4.78, 5) is 5.69. The summed E-state index contributed by atoms with van der Waals surface area (Å²) in [6, 6.07) is 0.308. The topological polar surface area (TPSA) is 32.5 Å². The van der Waals surface area contributed by atoms with Crippen LogP contribution in [0, 0.1) is 0 Å². The Labute approximate surface area is 118 Å². The van der Waals surface area contributed by atoms with E-state index in [4.69, 9.17) is 18.0 Å². The van der Waals surface area contributed by atoms with E-state index in [0.29, 0.717) is 11.0 Å². The zero-order valence-electron chi connectivity index (χ0n) is 12.0. The molecular weight excluding hydrogens is 242 g/mol. The normalized spacial score (nSPS) is 19.9. The summed E-state index contributed by atoms with van der Waals surface area (Å²) in [5.41, 5.74) is 5.80. The third kappa shape index (κ3) is 5.21. The first-order chi connectivity index (χ1) is 8.69. The third-order valence-electron chi connectivity index (χ3n) is 3.89. The maximum absolute atomic E-state index is 5.80. The molecule has 0 saturated carbocycles. The predicted molar refractivity (Wildman–Crippen MR) is 83.0 cm³/mol. The number of unbranched alkanes of at least 4 members (excludes halogenated alkanes) is 3. The largest absolute Gasteiger partial charge is 0.392 e. The minimum Gasteiger partial charge on any atom is -0.392 e. The van der Waals surface area contributed by atoms with Gasteiger partial charge < -0.3 is 10.6 Å². The van der Waals surface area contributed by atoms with E-state index in [1.165, 1.54) is 45.3 Å². The molecule has 0 amide bonds. The van der Waals surface area contributed by atoms with E-state index in [1.54, 1.807) is 0 Å². The molecule has 1 unspecified atom stereocenters. The minimum absolute atomic E-state index is 0.308. The van der Waals surface area contributed by atoms with Gasteiger partial charge in [-0.1, -0.05) is 45.3 Å². The lowest BCUT2D eigenvalue weighted by atomic mass is 10.1. The Hall–Kier alpha value is -0.190. The van der Waals surface area contributed by atoms with Crippen molar-refractivity contribution in [2.24, 2.45) is 5.73 Å². The third-order valence-corrected chi connectivity index (χ3v) is 4.16. The summed E-state index contributed by atoms with van der Waals surface area (Å²) in [5, 5.41) is 0. The highest BCUT2D eigenvalue weighted by molar-refractivity contribution is 7.80. The molecule has 1 aliphatic heterocycles. The van der Waals surface area contributed by atoms with Crippen molar-refractivity contribution in [3.8, 4) is 0 Å². The summed E-state index contributed by atoms with van der Waals surface area (Å²) < 4.78 is 0. The van der Waals surface area contributed by atoms with Gasteiger partial charge >= 0.3 is 0 Å². The van der Waals surface area contributed by atoms with E-state index in [0.717, 1.165) is 19.5 Å². The monoisotopic (exact) mass is 271 g/mol. The second kappa shape index (κ2) is 8.83. The fourth-order valence-electron chi connectivity index (χ4n) is 2.70. The van der Waals surface area contributed by atoms with E-state index in [1.807, 2.05) is 0 Å². The number of piperazine rings is 1. The first-order valence-corrected chi connectivity index (χ1v) is 7.85. The van der Waals surface area contributed by atoms with Gasteiger partial charge in [-0.15, -0.1) is 0 Å². The van der Waals surface area contributed by atoms with Crippen molar-refractivity contribution >= 4 is 17.2 Å². The lowest BCUT2D eigenvalue weighted by Gasteiger charge is -2.38. The molecule has 1 atom stereocenters. The highest BCUT2D eigenvalue weighted by Gasteiger charge is 2.23. The summed E-state index contributed by atoms with van der Waals surface area (Å²) >= 11 is 5.15. The molecule has 0 bridgehead atoms. The summed E-state index contributed by atoms with van der Waals surface area (Å²) in [6.45, 7) is 10.3. The second-order valence-electron chi connectivity index (χ2n) is 5.26. The van der Waals surface area contributed by atoms with Gasteiger partial charge in [0.05, 0.1) is 11.0 Å². The first kappa shape index (κ1) is 15.9. The SMILES string of the molecule is CCCCCCN1CCN(C(CC)C(N)=S)CC1. The second-order valence-corrected chi connectivity index (χ2v) is 5.74. The van der Waals surface area contributed by atoms with Crippen molar-refractivity contribution in [1.29, 1.82) is 0 Å². The van der Waals surface area contributed by atoms with Crippen LogP contribution in [0.2, 0.25) is 0 Å². The van der Waals surface area contributed by atoms with E-state index in [-0.39, 0.29) is 0 Å². The molecule has 1 heterocycles. The Morgan fingerprint density at radius 1 is 1.11 bits per heavy atom. The van der Waals surface area contributed by atoms with Crippen molar-refractivity contribution in [2.75, 3.05) is 32.7 Å². The van der Waals surface area contributed by atoms with E-state index < -0.39 is 0 Å². The van der Waals surface area contributed by atoms with Gasteiger partial charge in [0, 0.05) is 26.2 Å². The summed E-state index contributed by atoms with van der Waals surface area (Å²) in [7, 11) is 0.